The molecule has 1 aromatic heterocycles. The molecule has 0 saturated heterocycles. The van der Waals surface area contributed by atoms with Crippen LogP contribution in [0.3, 0.4) is 0 Å². The number of non-ortho nitro benzene ring substituents is 1. The highest BCUT2D eigenvalue weighted by molar-refractivity contribution is 5.82. The summed E-state index contributed by atoms with van der Waals surface area (Å²) in [5.41, 5.74) is 4.60. The number of aryl methyl sites for hydroxylation is 2. The van der Waals surface area contributed by atoms with Crippen LogP contribution < -0.4 is 5.36 Å². The summed E-state index contributed by atoms with van der Waals surface area (Å²) in [4.78, 5) is 15.2. The van der Waals surface area contributed by atoms with E-state index < -0.39 is 4.92 Å². The van der Waals surface area contributed by atoms with E-state index in [9.17, 15) is 10.1 Å². The van der Waals surface area contributed by atoms with Crippen molar-refractivity contribution in [1.29, 1.82) is 0 Å². The highest BCUT2D eigenvalue weighted by atomic mass is 16.6. The Bertz CT molecular complexity index is 1240. The second-order valence-corrected chi connectivity index (χ2v) is 6.70. The van der Waals surface area contributed by atoms with Crippen molar-refractivity contribution in [3.05, 3.63) is 99.4 Å². The first kappa shape index (κ1) is 17.7. The molecule has 5 heteroatoms. The number of benzene rings is 3. The molecule has 4 rings (SSSR count). The highest BCUT2D eigenvalue weighted by Crippen LogP contribution is 2.25. The van der Waals surface area contributed by atoms with Gasteiger partial charge < -0.3 is 4.42 Å². The average Bonchev–Trinajstić information content (AvgIpc) is 2.68. The maximum Gasteiger partial charge on any atom is 0.269 e. The summed E-state index contributed by atoms with van der Waals surface area (Å²) in [6.45, 7) is 4.06. The number of fused-ring (bicyclic) bond motifs is 1. The molecule has 0 N–H and O–H groups in total. The molecule has 3 aromatic carbocycles. The lowest BCUT2D eigenvalue weighted by molar-refractivity contribution is -0.384. The molecule has 1 heterocycles. The van der Waals surface area contributed by atoms with Crippen LogP contribution in [0.25, 0.3) is 22.3 Å². The fourth-order valence-electron chi connectivity index (χ4n) is 3.30. The van der Waals surface area contributed by atoms with E-state index in [4.69, 9.17) is 9.41 Å². The lowest BCUT2D eigenvalue weighted by Crippen LogP contribution is -2.05. The van der Waals surface area contributed by atoms with Crippen LogP contribution in [0.5, 0.6) is 0 Å². The topological polar surface area (TPSA) is 68.6 Å². The van der Waals surface area contributed by atoms with Gasteiger partial charge in [0.25, 0.3) is 5.69 Å². The molecular weight excluding hydrogens is 352 g/mol. The molecule has 0 atom stereocenters. The van der Waals surface area contributed by atoms with E-state index in [1.807, 2.05) is 56.3 Å². The molecule has 0 aliphatic rings. The number of nitrogens with zero attached hydrogens (tertiary/aromatic N) is 2. The van der Waals surface area contributed by atoms with Crippen molar-refractivity contribution in [3.8, 4) is 11.3 Å². The summed E-state index contributed by atoms with van der Waals surface area (Å²) in [5, 5.41) is 12.6. The number of hydrogen-bond acceptors (Lipinski definition) is 4. The summed E-state index contributed by atoms with van der Waals surface area (Å²) in [7, 11) is 0. The van der Waals surface area contributed by atoms with E-state index in [2.05, 4.69) is 6.07 Å². The Morgan fingerprint density at radius 1 is 0.929 bits per heavy atom. The minimum atomic E-state index is -0.416. The van der Waals surface area contributed by atoms with E-state index >= 15 is 0 Å². The second-order valence-electron chi connectivity index (χ2n) is 6.70. The van der Waals surface area contributed by atoms with Crippen LogP contribution in [0.15, 0.2) is 82.2 Å². The van der Waals surface area contributed by atoms with Gasteiger partial charge in [-0.15, -0.1) is 0 Å². The lowest BCUT2D eigenvalue weighted by Gasteiger charge is -2.08. The number of hydrogen-bond donors (Lipinski definition) is 0. The Balaban J connectivity index is 1.98. The zero-order valence-electron chi connectivity index (χ0n) is 15.5. The summed E-state index contributed by atoms with van der Waals surface area (Å²) in [6, 6.07) is 22.1. The van der Waals surface area contributed by atoms with Crippen LogP contribution >= 0.6 is 0 Å². The normalized spacial score (nSPS) is 11.7. The van der Waals surface area contributed by atoms with Gasteiger partial charge in [-0.1, -0.05) is 36.4 Å². The van der Waals surface area contributed by atoms with Gasteiger partial charge in [0.05, 0.1) is 16.0 Å². The Kier molecular flexibility index (Phi) is 4.49. The molecule has 0 spiro atoms. The van der Waals surface area contributed by atoms with Crippen LogP contribution in [0, 0.1) is 24.0 Å². The summed E-state index contributed by atoms with van der Waals surface area (Å²) in [5.74, 6) is 0.721. The zero-order valence-corrected chi connectivity index (χ0v) is 15.5. The van der Waals surface area contributed by atoms with Gasteiger partial charge in [-0.2, -0.15) is 0 Å². The van der Waals surface area contributed by atoms with E-state index in [0.717, 1.165) is 38.8 Å². The molecule has 4 aromatic rings. The third-order valence-electron chi connectivity index (χ3n) is 4.56. The Morgan fingerprint density at radius 2 is 1.64 bits per heavy atom. The largest absolute Gasteiger partial charge is 0.456 e. The van der Waals surface area contributed by atoms with Crippen LogP contribution in [0.2, 0.25) is 0 Å². The molecule has 5 nitrogen and oxygen atoms in total. The third-order valence-corrected chi connectivity index (χ3v) is 4.56. The first-order valence-electron chi connectivity index (χ1n) is 8.91. The van der Waals surface area contributed by atoms with Crippen molar-refractivity contribution in [3.63, 3.8) is 0 Å². The van der Waals surface area contributed by atoms with E-state index in [1.54, 1.807) is 12.1 Å². The van der Waals surface area contributed by atoms with Gasteiger partial charge in [0.1, 0.15) is 11.3 Å². The Labute approximate surface area is 161 Å². The number of nitro benzene ring substituents is 1. The van der Waals surface area contributed by atoms with Gasteiger partial charge >= 0.3 is 0 Å². The molecule has 0 amide bonds. The van der Waals surface area contributed by atoms with Crippen molar-refractivity contribution in [2.45, 2.75) is 13.8 Å². The molecule has 0 radical (unpaired) electrons. The van der Waals surface area contributed by atoms with Crippen molar-refractivity contribution < 1.29 is 9.34 Å². The predicted octanol–water partition coefficient (Wildman–Crippen LogP) is 5.86. The maximum atomic E-state index is 10.9. The first-order chi connectivity index (χ1) is 13.5. The fraction of sp³-hybridized carbons (Fsp3) is 0.0870. The van der Waals surface area contributed by atoms with Crippen LogP contribution in [-0.2, 0) is 0 Å². The predicted molar refractivity (Wildman–Crippen MR) is 109 cm³/mol. The van der Waals surface area contributed by atoms with Gasteiger partial charge in [0, 0.05) is 29.1 Å². The minimum Gasteiger partial charge on any atom is -0.456 e. The van der Waals surface area contributed by atoms with Crippen molar-refractivity contribution in [2.24, 2.45) is 4.99 Å². The van der Waals surface area contributed by atoms with Gasteiger partial charge in [-0.25, -0.2) is 4.99 Å². The molecule has 0 fully saturated rings. The van der Waals surface area contributed by atoms with Gasteiger partial charge in [0.15, 0.2) is 0 Å². The smallest absolute Gasteiger partial charge is 0.269 e. The van der Waals surface area contributed by atoms with Crippen molar-refractivity contribution in [2.75, 3.05) is 0 Å². The first-order valence-corrected chi connectivity index (χ1v) is 8.91. The highest BCUT2D eigenvalue weighted by Gasteiger charge is 2.09. The fourth-order valence-corrected chi connectivity index (χ4v) is 3.30. The van der Waals surface area contributed by atoms with Crippen LogP contribution in [0.4, 0.5) is 11.4 Å². The Hall–Kier alpha value is -3.73. The second kappa shape index (κ2) is 7.12. The number of rotatable bonds is 3. The Morgan fingerprint density at radius 3 is 2.32 bits per heavy atom. The third kappa shape index (κ3) is 3.42. The van der Waals surface area contributed by atoms with E-state index in [0.29, 0.717) is 5.69 Å². The molecule has 0 bridgehead atoms. The summed E-state index contributed by atoms with van der Waals surface area (Å²) >= 11 is 0. The SMILES string of the molecule is Cc1cc(C)c2c(=Nc3ccc([N+](=O)[O-])cc3)cc(-c3ccccc3)oc2c1. The van der Waals surface area contributed by atoms with Gasteiger partial charge in [-0.05, 0) is 43.2 Å². The standard InChI is InChI=1S/C23H18N2O3/c1-15-12-16(2)23-20(24-18-8-10-19(11-9-18)25(26)27)14-21(28-22(23)13-15)17-6-4-3-5-7-17/h3-14H,1-2H3. The maximum absolute atomic E-state index is 10.9. The molecule has 0 saturated carbocycles. The van der Waals surface area contributed by atoms with Gasteiger partial charge in [0.2, 0.25) is 0 Å². The van der Waals surface area contributed by atoms with Crippen molar-refractivity contribution in [1.82, 2.24) is 0 Å². The van der Waals surface area contributed by atoms with E-state index in [-0.39, 0.29) is 5.69 Å². The van der Waals surface area contributed by atoms with Crippen LogP contribution in [0.1, 0.15) is 11.1 Å². The monoisotopic (exact) mass is 370 g/mol. The van der Waals surface area contributed by atoms with Crippen LogP contribution in [-0.4, -0.2) is 4.92 Å². The average molecular weight is 370 g/mol. The molecule has 28 heavy (non-hydrogen) atoms. The minimum absolute atomic E-state index is 0.0450. The molecule has 0 aliphatic heterocycles. The van der Waals surface area contributed by atoms with Crippen molar-refractivity contribution >= 4 is 22.3 Å². The molecule has 0 unspecified atom stereocenters. The quantitative estimate of drug-likeness (QED) is 0.335. The van der Waals surface area contributed by atoms with E-state index in [1.165, 1.54) is 12.1 Å². The number of nitro groups is 1. The summed E-state index contributed by atoms with van der Waals surface area (Å²) in [6.07, 6.45) is 0. The summed E-state index contributed by atoms with van der Waals surface area (Å²) < 4.78 is 6.19. The lowest BCUT2D eigenvalue weighted by atomic mass is 10.0. The van der Waals surface area contributed by atoms with Gasteiger partial charge in [-0.3, -0.25) is 10.1 Å². The molecule has 138 valence electrons. The molecule has 0 aliphatic carbocycles. The molecular formula is C23H18N2O3. The zero-order chi connectivity index (χ0) is 19.7.